The number of aryl methyl sites for hydroxylation is 1. The molecule has 25 heavy (non-hydrogen) atoms. The lowest BCUT2D eigenvalue weighted by molar-refractivity contribution is -0.118. The molecule has 0 bridgehead atoms. The molecule has 6 heteroatoms. The maximum absolute atomic E-state index is 12.6. The first-order valence-electron chi connectivity index (χ1n) is 8.09. The largest absolute Gasteiger partial charge is 0.496 e. The predicted molar refractivity (Wildman–Crippen MR) is 96.7 cm³/mol. The zero-order valence-electron chi connectivity index (χ0n) is 14.9. The molecular formula is C19H23N3O3. The van der Waals surface area contributed by atoms with Gasteiger partial charge < -0.3 is 15.4 Å². The second-order valence-corrected chi connectivity index (χ2v) is 6.11. The average molecular weight is 341 g/mol. The van der Waals surface area contributed by atoms with Gasteiger partial charge in [0.1, 0.15) is 17.6 Å². The number of benzene rings is 1. The van der Waals surface area contributed by atoms with Gasteiger partial charge in [0.15, 0.2) is 0 Å². The van der Waals surface area contributed by atoms with E-state index in [-0.39, 0.29) is 17.7 Å². The quantitative estimate of drug-likeness (QED) is 0.847. The highest BCUT2D eigenvalue weighted by Gasteiger charge is 2.26. The molecule has 1 aromatic carbocycles. The molecule has 0 saturated heterocycles. The van der Waals surface area contributed by atoms with E-state index in [9.17, 15) is 9.59 Å². The molecule has 2 amide bonds. The maximum Gasteiger partial charge on any atom is 0.255 e. The van der Waals surface area contributed by atoms with Crippen LogP contribution in [0.2, 0.25) is 0 Å². The number of hydrogen-bond acceptors (Lipinski definition) is 4. The summed E-state index contributed by atoms with van der Waals surface area (Å²) >= 11 is 0. The van der Waals surface area contributed by atoms with Crippen LogP contribution in [0.25, 0.3) is 0 Å². The molecule has 1 unspecified atom stereocenters. The van der Waals surface area contributed by atoms with Crippen molar-refractivity contribution in [1.29, 1.82) is 0 Å². The molecular weight excluding hydrogens is 318 g/mol. The van der Waals surface area contributed by atoms with E-state index in [2.05, 4.69) is 15.6 Å². The first kappa shape index (κ1) is 18.4. The van der Waals surface area contributed by atoms with Crippen LogP contribution in [0.5, 0.6) is 5.75 Å². The maximum atomic E-state index is 12.6. The number of aromatic nitrogens is 1. The van der Waals surface area contributed by atoms with Crippen LogP contribution in [-0.4, -0.2) is 29.9 Å². The topological polar surface area (TPSA) is 80.3 Å². The summed E-state index contributed by atoms with van der Waals surface area (Å²) in [4.78, 5) is 29.3. The molecule has 2 aromatic rings. The Morgan fingerprint density at radius 1 is 1.12 bits per heavy atom. The molecule has 0 aliphatic rings. The Balaban J connectivity index is 2.13. The fourth-order valence-corrected chi connectivity index (χ4v) is 2.33. The van der Waals surface area contributed by atoms with Gasteiger partial charge in [0.05, 0.1) is 12.7 Å². The summed E-state index contributed by atoms with van der Waals surface area (Å²) in [7, 11) is 1.50. The number of pyridine rings is 1. The summed E-state index contributed by atoms with van der Waals surface area (Å²) in [6.45, 7) is 5.66. The summed E-state index contributed by atoms with van der Waals surface area (Å²) in [5, 5.41) is 5.52. The summed E-state index contributed by atoms with van der Waals surface area (Å²) < 4.78 is 5.20. The third kappa shape index (κ3) is 4.79. The van der Waals surface area contributed by atoms with Crippen LogP contribution >= 0.6 is 0 Å². The molecule has 0 radical (unpaired) electrons. The lowest BCUT2D eigenvalue weighted by atomic mass is 10.0. The smallest absolute Gasteiger partial charge is 0.255 e. The van der Waals surface area contributed by atoms with Crippen LogP contribution in [0.15, 0.2) is 42.6 Å². The Bertz CT molecular complexity index is 742. The minimum absolute atomic E-state index is 0.0934. The Labute approximate surface area is 147 Å². The number of nitrogens with zero attached hydrogens (tertiary/aromatic N) is 1. The second-order valence-electron chi connectivity index (χ2n) is 6.11. The number of methoxy groups -OCH3 is 1. The fourth-order valence-electron chi connectivity index (χ4n) is 2.33. The fraction of sp³-hybridized carbons (Fsp3) is 0.316. The van der Waals surface area contributed by atoms with E-state index in [1.807, 2.05) is 26.8 Å². The van der Waals surface area contributed by atoms with Crippen molar-refractivity contribution < 1.29 is 14.3 Å². The second kappa shape index (κ2) is 8.28. The Morgan fingerprint density at radius 3 is 2.44 bits per heavy atom. The van der Waals surface area contributed by atoms with Gasteiger partial charge in [-0.3, -0.25) is 9.59 Å². The third-order valence-electron chi connectivity index (χ3n) is 3.75. The Hall–Kier alpha value is -2.89. The van der Waals surface area contributed by atoms with Gasteiger partial charge in [-0.15, -0.1) is 0 Å². The Morgan fingerprint density at radius 2 is 1.84 bits per heavy atom. The van der Waals surface area contributed by atoms with Crippen molar-refractivity contribution >= 4 is 17.6 Å². The summed E-state index contributed by atoms with van der Waals surface area (Å²) in [6, 6.07) is 9.79. The van der Waals surface area contributed by atoms with Gasteiger partial charge in [0, 0.05) is 6.20 Å². The summed E-state index contributed by atoms with van der Waals surface area (Å²) in [5.74, 6) is 0.151. The van der Waals surface area contributed by atoms with E-state index in [0.717, 1.165) is 5.56 Å². The minimum Gasteiger partial charge on any atom is -0.496 e. The highest BCUT2D eigenvalue weighted by molar-refractivity contribution is 6.02. The van der Waals surface area contributed by atoms with Gasteiger partial charge in [-0.05, 0) is 36.6 Å². The summed E-state index contributed by atoms with van der Waals surface area (Å²) in [6.07, 6.45) is 1.67. The lowest BCUT2D eigenvalue weighted by Crippen LogP contribution is -2.47. The van der Waals surface area contributed by atoms with Crippen molar-refractivity contribution in [2.75, 3.05) is 12.4 Å². The highest BCUT2D eigenvalue weighted by Crippen LogP contribution is 2.18. The van der Waals surface area contributed by atoms with E-state index >= 15 is 0 Å². The zero-order valence-corrected chi connectivity index (χ0v) is 14.9. The molecule has 0 fully saturated rings. The van der Waals surface area contributed by atoms with Crippen LogP contribution in [0.1, 0.15) is 29.8 Å². The third-order valence-corrected chi connectivity index (χ3v) is 3.75. The number of anilines is 1. The van der Waals surface area contributed by atoms with Crippen molar-refractivity contribution in [1.82, 2.24) is 10.3 Å². The first-order valence-corrected chi connectivity index (χ1v) is 8.09. The number of amides is 2. The van der Waals surface area contributed by atoms with Gasteiger partial charge in [0.2, 0.25) is 5.91 Å². The van der Waals surface area contributed by atoms with E-state index < -0.39 is 6.04 Å². The number of ether oxygens (including phenoxy) is 1. The van der Waals surface area contributed by atoms with Crippen LogP contribution in [0, 0.1) is 12.8 Å². The molecule has 0 spiro atoms. The van der Waals surface area contributed by atoms with Gasteiger partial charge in [-0.1, -0.05) is 32.0 Å². The first-order chi connectivity index (χ1) is 11.9. The van der Waals surface area contributed by atoms with Crippen molar-refractivity contribution in [3.63, 3.8) is 0 Å². The molecule has 2 rings (SSSR count). The zero-order chi connectivity index (χ0) is 18.4. The number of rotatable bonds is 6. The lowest BCUT2D eigenvalue weighted by Gasteiger charge is -2.22. The predicted octanol–water partition coefficient (Wildman–Crippen LogP) is 2.79. The van der Waals surface area contributed by atoms with Crippen LogP contribution in [0.4, 0.5) is 5.82 Å². The Kier molecular flexibility index (Phi) is 6.11. The van der Waals surface area contributed by atoms with Crippen molar-refractivity contribution in [2.24, 2.45) is 5.92 Å². The van der Waals surface area contributed by atoms with E-state index in [4.69, 9.17) is 4.74 Å². The molecule has 1 aromatic heterocycles. The van der Waals surface area contributed by atoms with E-state index in [1.54, 1.807) is 36.5 Å². The summed E-state index contributed by atoms with van der Waals surface area (Å²) in [5.41, 5.74) is 1.39. The van der Waals surface area contributed by atoms with E-state index in [0.29, 0.717) is 17.1 Å². The molecule has 1 heterocycles. The molecule has 0 aliphatic carbocycles. The van der Waals surface area contributed by atoms with Gasteiger partial charge in [0.25, 0.3) is 5.91 Å². The molecule has 132 valence electrons. The normalized spacial score (nSPS) is 11.7. The minimum atomic E-state index is -0.694. The van der Waals surface area contributed by atoms with Gasteiger partial charge >= 0.3 is 0 Å². The molecule has 0 saturated carbocycles. The molecule has 1 atom stereocenters. The molecule has 6 nitrogen and oxygen atoms in total. The van der Waals surface area contributed by atoms with Gasteiger partial charge in [-0.2, -0.15) is 0 Å². The monoisotopic (exact) mass is 341 g/mol. The average Bonchev–Trinajstić information content (AvgIpc) is 2.60. The number of para-hydroxylation sites is 1. The number of hydrogen-bond donors (Lipinski definition) is 2. The number of carbonyl (C=O) groups excluding carboxylic acids is 2. The van der Waals surface area contributed by atoms with Crippen LogP contribution in [-0.2, 0) is 4.79 Å². The number of carbonyl (C=O) groups is 2. The molecule has 0 aliphatic heterocycles. The van der Waals surface area contributed by atoms with Crippen molar-refractivity contribution in [3.05, 3.63) is 53.7 Å². The van der Waals surface area contributed by atoms with Gasteiger partial charge in [-0.25, -0.2) is 4.98 Å². The highest BCUT2D eigenvalue weighted by atomic mass is 16.5. The SMILES string of the molecule is COc1ccccc1C(=O)NC(C(=O)Nc1ccc(C)cn1)C(C)C. The standard InChI is InChI=1S/C19H23N3O3/c1-12(2)17(19(24)21-16-10-9-13(3)11-20-16)22-18(23)14-7-5-6-8-15(14)25-4/h5-12,17H,1-4H3,(H,22,23)(H,20,21,24). The van der Waals surface area contributed by atoms with Crippen LogP contribution < -0.4 is 15.4 Å². The van der Waals surface area contributed by atoms with Crippen molar-refractivity contribution in [2.45, 2.75) is 26.8 Å². The van der Waals surface area contributed by atoms with Crippen LogP contribution in [0.3, 0.4) is 0 Å². The molecule has 2 N–H and O–H groups in total. The van der Waals surface area contributed by atoms with Crippen molar-refractivity contribution in [3.8, 4) is 5.75 Å². The number of nitrogens with one attached hydrogen (secondary N) is 2. The van der Waals surface area contributed by atoms with E-state index in [1.165, 1.54) is 7.11 Å².